The van der Waals surface area contributed by atoms with Crippen LogP contribution < -0.4 is 0 Å². The Morgan fingerprint density at radius 1 is 0.365 bits per heavy atom. The zero-order valence-electron chi connectivity index (χ0n) is 27.3. The van der Waals surface area contributed by atoms with Crippen LogP contribution in [0.4, 0.5) is 0 Å². The van der Waals surface area contributed by atoms with Crippen molar-refractivity contribution < 1.29 is 13.3 Å². The van der Waals surface area contributed by atoms with Crippen molar-refractivity contribution in [3.63, 3.8) is 0 Å². The summed E-state index contributed by atoms with van der Waals surface area (Å²) >= 11 is 0. The lowest BCUT2D eigenvalue weighted by molar-refractivity contribution is 0.666. The summed E-state index contributed by atoms with van der Waals surface area (Å²) in [5, 5.41) is 12.2. The minimum atomic E-state index is 0.566. The number of benzene rings is 7. The Balaban J connectivity index is 1.25. The van der Waals surface area contributed by atoms with Crippen LogP contribution in [-0.2, 0) is 0 Å². The molecule has 0 radical (unpaired) electrons. The van der Waals surface area contributed by atoms with Crippen LogP contribution in [0.1, 0.15) is 0 Å². The van der Waals surface area contributed by atoms with E-state index in [9.17, 15) is 0 Å². The third-order valence-corrected chi connectivity index (χ3v) is 11.0. The molecular formula is C46H23N3O3. The molecule has 8 aromatic carbocycles. The van der Waals surface area contributed by atoms with Gasteiger partial charge in [0, 0.05) is 43.3 Å². The first-order valence-corrected chi connectivity index (χ1v) is 17.4. The van der Waals surface area contributed by atoms with Crippen molar-refractivity contribution in [2.75, 3.05) is 0 Å². The predicted molar refractivity (Wildman–Crippen MR) is 210 cm³/mol. The van der Waals surface area contributed by atoms with E-state index in [2.05, 4.69) is 95.6 Å². The van der Waals surface area contributed by atoms with Crippen LogP contribution in [0.15, 0.2) is 153 Å². The van der Waals surface area contributed by atoms with Gasteiger partial charge in [-0.05, 0) is 70.1 Å². The topological polar surface area (TPSA) is 70.1 Å². The number of hydrogen-bond acceptors (Lipinski definition) is 5. The van der Waals surface area contributed by atoms with Gasteiger partial charge < -0.3 is 13.3 Å². The Bertz CT molecular complexity index is 3650. The number of para-hydroxylation sites is 2. The largest absolute Gasteiger partial charge is 0.456 e. The summed E-state index contributed by atoms with van der Waals surface area (Å²) in [4.78, 5) is 10.9. The van der Waals surface area contributed by atoms with E-state index in [1.54, 1.807) is 0 Å². The summed E-state index contributed by atoms with van der Waals surface area (Å²) in [6.45, 7) is 0. The first-order valence-electron chi connectivity index (χ1n) is 17.4. The standard InChI is InChI=1S/C46H23N3O3/c1-2-11-25-24(10-1)26-14-7-17-31-39(26)41-32(22-23-37-42(41)40-27(25)15-8-21-36(40)51-37)49(31)46-47-43-29-13-4-6-19-34(29)52-45(43)44(48-46)30-16-9-20-35-38(30)28-12-3-5-18-33(28)50-35/h1-23H. The van der Waals surface area contributed by atoms with Gasteiger partial charge in [-0.2, -0.15) is 0 Å². The van der Waals surface area contributed by atoms with Crippen LogP contribution >= 0.6 is 0 Å². The molecule has 0 saturated carbocycles. The summed E-state index contributed by atoms with van der Waals surface area (Å²) in [5.41, 5.74) is 9.21. The van der Waals surface area contributed by atoms with Crippen molar-refractivity contribution in [1.82, 2.24) is 14.5 Å². The van der Waals surface area contributed by atoms with Gasteiger partial charge in [-0.3, -0.25) is 4.57 Å². The lowest BCUT2D eigenvalue weighted by Gasteiger charge is -2.10. The maximum absolute atomic E-state index is 6.62. The second-order valence-electron chi connectivity index (χ2n) is 13.6. The van der Waals surface area contributed by atoms with E-state index in [1.165, 1.54) is 16.2 Å². The SMILES string of the molecule is c1ccc2c(c1)oc1c(-c3cccc4oc5ccccc5c34)nc(-n3c4cccc5c6ccccc6c6cccc7oc8ccc3c(c8c76)c54)nc12. The lowest BCUT2D eigenvalue weighted by atomic mass is 9.95. The van der Waals surface area contributed by atoms with Crippen LogP contribution in [0.5, 0.6) is 0 Å². The Morgan fingerprint density at radius 3 is 1.77 bits per heavy atom. The summed E-state index contributed by atoms with van der Waals surface area (Å²) in [6.07, 6.45) is 0. The minimum absolute atomic E-state index is 0.566. The van der Waals surface area contributed by atoms with E-state index in [-0.39, 0.29) is 0 Å². The molecule has 0 unspecified atom stereocenters. The number of hydrogen-bond donors (Lipinski definition) is 0. The average molecular weight is 666 g/mol. The summed E-state index contributed by atoms with van der Waals surface area (Å²) < 4.78 is 21.8. The second-order valence-corrected chi connectivity index (χ2v) is 13.6. The molecule has 0 aliphatic carbocycles. The number of rotatable bonds is 2. The number of furan rings is 3. The molecule has 0 saturated heterocycles. The molecule has 13 aromatic rings. The highest BCUT2D eigenvalue weighted by Crippen LogP contribution is 2.47. The van der Waals surface area contributed by atoms with Gasteiger partial charge >= 0.3 is 0 Å². The van der Waals surface area contributed by atoms with Crippen LogP contribution in [-0.4, -0.2) is 14.5 Å². The van der Waals surface area contributed by atoms with E-state index in [1.807, 2.05) is 48.5 Å². The highest BCUT2D eigenvalue weighted by molar-refractivity contribution is 6.38. The molecule has 240 valence electrons. The number of nitrogens with zero attached hydrogens (tertiary/aromatic N) is 3. The van der Waals surface area contributed by atoms with Crippen LogP contribution in [0, 0.1) is 0 Å². The zero-order chi connectivity index (χ0) is 33.7. The fourth-order valence-corrected chi connectivity index (χ4v) is 8.91. The van der Waals surface area contributed by atoms with Crippen molar-refractivity contribution >= 4 is 109 Å². The Labute approximate surface area is 293 Å². The zero-order valence-corrected chi connectivity index (χ0v) is 27.3. The van der Waals surface area contributed by atoms with Crippen molar-refractivity contribution in [2.24, 2.45) is 0 Å². The molecule has 6 heteroatoms. The van der Waals surface area contributed by atoms with Gasteiger partial charge in [0.25, 0.3) is 0 Å². The Hall–Kier alpha value is -7.18. The molecule has 0 aliphatic heterocycles. The second kappa shape index (κ2) is 9.33. The third-order valence-electron chi connectivity index (χ3n) is 11.0. The molecule has 6 nitrogen and oxygen atoms in total. The van der Waals surface area contributed by atoms with Gasteiger partial charge in [0.05, 0.1) is 11.0 Å². The Kier molecular flexibility index (Phi) is 4.78. The van der Waals surface area contributed by atoms with Crippen LogP contribution in [0.25, 0.3) is 127 Å². The first-order chi connectivity index (χ1) is 25.8. The average Bonchev–Trinajstić information content (AvgIpc) is 3.95. The predicted octanol–water partition coefficient (Wildman–Crippen LogP) is 12.7. The fourth-order valence-electron chi connectivity index (χ4n) is 8.91. The molecule has 0 N–H and O–H groups in total. The van der Waals surface area contributed by atoms with E-state index in [0.29, 0.717) is 17.2 Å². The highest BCUT2D eigenvalue weighted by Gasteiger charge is 2.26. The first kappa shape index (κ1) is 26.7. The molecular weight excluding hydrogens is 643 g/mol. The van der Waals surface area contributed by atoms with Gasteiger partial charge in [-0.1, -0.05) is 91.0 Å². The third kappa shape index (κ3) is 3.21. The van der Waals surface area contributed by atoms with Gasteiger partial charge in [0.1, 0.15) is 39.1 Å². The molecule has 0 bridgehead atoms. The molecule has 0 fully saturated rings. The van der Waals surface area contributed by atoms with Gasteiger partial charge in [-0.25, -0.2) is 9.97 Å². The number of aromatic nitrogens is 3. The van der Waals surface area contributed by atoms with Gasteiger partial charge in [0.2, 0.25) is 5.95 Å². The maximum atomic E-state index is 6.62. The van der Waals surface area contributed by atoms with E-state index < -0.39 is 0 Å². The summed E-state index contributed by atoms with van der Waals surface area (Å²) in [5.74, 6) is 0.566. The molecule has 5 aromatic heterocycles. The van der Waals surface area contributed by atoms with Crippen molar-refractivity contribution in [1.29, 1.82) is 0 Å². The summed E-state index contributed by atoms with van der Waals surface area (Å²) in [6, 6.07) is 48.3. The quantitative estimate of drug-likeness (QED) is 0.184. The maximum Gasteiger partial charge on any atom is 0.236 e. The van der Waals surface area contributed by atoms with Crippen molar-refractivity contribution in [3.05, 3.63) is 140 Å². The van der Waals surface area contributed by atoms with E-state index in [0.717, 1.165) is 93.1 Å². The molecule has 52 heavy (non-hydrogen) atoms. The molecule has 0 atom stereocenters. The molecule has 5 heterocycles. The van der Waals surface area contributed by atoms with Gasteiger partial charge in [0.15, 0.2) is 5.58 Å². The van der Waals surface area contributed by atoms with E-state index >= 15 is 0 Å². The lowest BCUT2D eigenvalue weighted by Crippen LogP contribution is -2.03. The normalized spacial score (nSPS) is 12.6. The molecule has 13 rings (SSSR count). The smallest absolute Gasteiger partial charge is 0.236 e. The fraction of sp³-hybridized carbons (Fsp3) is 0. The molecule has 0 spiro atoms. The van der Waals surface area contributed by atoms with E-state index in [4.69, 9.17) is 23.2 Å². The van der Waals surface area contributed by atoms with Gasteiger partial charge in [-0.15, -0.1) is 0 Å². The minimum Gasteiger partial charge on any atom is -0.456 e. The van der Waals surface area contributed by atoms with Crippen molar-refractivity contribution in [3.8, 4) is 17.2 Å². The highest BCUT2D eigenvalue weighted by atomic mass is 16.3. The number of fused-ring (bicyclic) bond motifs is 9. The summed E-state index contributed by atoms with van der Waals surface area (Å²) in [7, 11) is 0. The monoisotopic (exact) mass is 665 g/mol. The van der Waals surface area contributed by atoms with Crippen molar-refractivity contribution in [2.45, 2.75) is 0 Å². The van der Waals surface area contributed by atoms with Crippen LogP contribution in [0.2, 0.25) is 0 Å². The molecule has 0 amide bonds. The molecule has 0 aliphatic rings. The Morgan fingerprint density at radius 2 is 0.942 bits per heavy atom. The van der Waals surface area contributed by atoms with Crippen LogP contribution in [0.3, 0.4) is 0 Å².